The van der Waals surface area contributed by atoms with E-state index in [9.17, 15) is 4.39 Å². The summed E-state index contributed by atoms with van der Waals surface area (Å²) in [7, 11) is 2.02. The van der Waals surface area contributed by atoms with Gasteiger partial charge in [0.15, 0.2) is 0 Å². The Hall–Kier alpha value is -0.830. The fourth-order valence-electron chi connectivity index (χ4n) is 2.10. The maximum Gasteiger partial charge on any atom is 0.0941 e. The van der Waals surface area contributed by atoms with Crippen molar-refractivity contribution in [1.29, 1.82) is 0 Å². The number of nitrogens with one attached hydrogen (secondary N) is 1. The van der Waals surface area contributed by atoms with E-state index in [0.29, 0.717) is 5.92 Å². The number of aromatic nitrogens is 1. The molecule has 1 fully saturated rings. The van der Waals surface area contributed by atoms with Crippen molar-refractivity contribution in [1.82, 2.24) is 9.88 Å². The zero-order valence-electron chi connectivity index (χ0n) is 7.83. The predicted molar refractivity (Wildman–Crippen MR) is 50.5 cm³/mol. The van der Waals surface area contributed by atoms with Crippen molar-refractivity contribution in [3.05, 3.63) is 24.0 Å². The average molecular weight is 182 g/mol. The normalized spacial score (nSPS) is 28.2. The van der Waals surface area contributed by atoms with Crippen molar-refractivity contribution >= 4 is 0 Å². The molecule has 0 bridgehead atoms. The van der Waals surface area contributed by atoms with E-state index in [0.717, 1.165) is 13.1 Å². The van der Waals surface area contributed by atoms with Gasteiger partial charge >= 0.3 is 0 Å². The zero-order valence-corrected chi connectivity index (χ0v) is 7.83. The lowest BCUT2D eigenvalue weighted by Gasteiger charge is -2.16. The molecule has 3 heteroatoms. The molecule has 2 rings (SSSR count). The van der Waals surface area contributed by atoms with Crippen LogP contribution in [0, 0.1) is 5.92 Å². The Bertz CT molecular complexity index is 282. The fourth-order valence-corrected chi connectivity index (χ4v) is 2.10. The highest BCUT2D eigenvalue weighted by Crippen LogP contribution is 2.28. The Labute approximate surface area is 77.7 Å². The van der Waals surface area contributed by atoms with Crippen LogP contribution >= 0.6 is 0 Å². The quantitative estimate of drug-likeness (QED) is 0.729. The summed E-state index contributed by atoms with van der Waals surface area (Å²) in [6, 6.07) is 4.10. The summed E-state index contributed by atoms with van der Waals surface area (Å²) in [5.41, 5.74) is 1.24. The van der Waals surface area contributed by atoms with Crippen molar-refractivity contribution in [2.45, 2.75) is 5.92 Å². The number of rotatable bonds is 2. The smallest absolute Gasteiger partial charge is 0.0941 e. The van der Waals surface area contributed by atoms with Gasteiger partial charge < -0.3 is 9.88 Å². The largest absolute Gasteiger partial charge is 0.354 e. The molecule has 0 saturated carbocycles. The van der Waals surface area contributed by atoms with Crippen LogP contribution in [0.3, 0.4) is 0 Å². The highest BCUT2D eigenvalue weighted by molar-refractivity contribution is 5.16. The van der Waals surface area contributed by atoms with Gasteiger partial charge in [0.05, 0.1) is 6.67 Å². The molecule has 72 valence electrons. The number of hydrogen-bond donors (Lipinski definition) is 1. The Morgan fingerprint density at radius 1 is 1.62 bits per heavy atom. The van der Waals surface area contributed by atoms with Gasteiger partial charge in [0.25, 0.3) is 0 Å². The summed E-state index contributed by atoms with van der Waals surface area (Å²) in [5, 5.41) is 3.24. The number of nitrogens with zero attached hydrogens (tertiary/aromatic N) is 1. The lowest BCUT2D eigenvalue weighted by molar-refractivity contribution is 0.353. The van der Waals surface area contributed by atoms with Gasteiger partial charge in [-0.05, 0) is 12.1 Å². The van der Waals surface area contributed by atoms with Crippen molar-refractivity contribution < 1.29 is 4.39 Å². The molecule has 0 radical (unpaired) electrons. The molecule has 2 atom stereocenters. The number of aryl methyl sites for hydroxylation is 1. The topological polar surface area (TPSA) is 17.0 Å². The molecule has 0 amide bonds. The molecule has 2 nitrogen and oxygen atoms in total. The van der Waals surface area contributed by atoms with Crippen LogP contribution in [0.2, 0.25) is 0 Å². The first-order chi connectivity index (χ1) is 6.33. The molecule has 0 aliphatic carbocycles. The van der Waals surface area contributed by atoms with Gasteiger partial charge in [-0.2, -0.15) is 0 Å². The third kappa shape index (κ3) is 1.48. The Balaban J connectivity index is 2.20. The number of alkyl halides is 1. The number of halogens is 1. The highest BCUT2D eigenvalue weighted by Gasteiger charge is 2.29. The second kappa shape index (κ2) is 3.50. The molecule has 1 aliphatic rings. The van der Waals surface area contributed by atoms with E-state index in [1.807, 2.05) is 19.3 Å². The average Bonchev–Trinajstić information content (AvgIpc) is 2.71. The molecule has 13 heavy (non-hydrogen) atoms. The Morgan fingerprint density at radius 3 is 3.08 bits per heavy atom. The van der Waals surface area contributed by atoms with E-state index in [4.69, 9.17) is 0 Å². The summed E-state index contributed by atoms with van der Waals surface area (Å²) >= 11 is 0. The van der Waals surface area contributed by atoms with Crippen LogP contribution in [0.1, 0.15) is 11.6 Å². The van der Waals surface area contributed by atoms with Crippen molar-refractivity contribution in [2.24, 2.45) is 13.0 Å². The minimum atomic E-state index is -0.219. The summed E-state index contributed by atoms with van der Waals surface area (Å²) in [4.78, 5) is 0. The highest BCUT2D eigenvalue weighted by atomic mass is 19.1. The minimum absolute atomic E-state index is 0.161. The van der Waals surface area contributed by atoms with Gasteiger partial charge in [0.1, 0.15) is 0 Å². The predicted octanol–water partition coefficient (Wildman–Crippen LogP) is 1.30. The molecule has 1 aromatic rings. The van der Waals surface area contributed by atoms with E-state index in [1.165, 1.54) is 5.69 Å². The maximum atomic E-state index is 12.6. The summed E-state index contributed by atoms with van der Waals surface area (Å²) < 4.78 is 14.7. The van der Waals surface area contributed by atoms with Crippen molar-refractivity contribution in [3.63, 3.8) is 0 Å². The third-order valence-corrected chi connectivity index (χ3v) is 2.90. The van der Waals surface area contributed by atoms with E-state index < -0.39 is 0 Å². The van der Waals surface area contributed by atoms with E-state index >= 15 is 0 Å². The van der Waals surface area contributed by atoms with Crippen LogP contribution in [-0.4, -0.2) is 24.3 Å². The summed E-state index contributed by atoms with van der Waals surface area (Å²) in [6.07, 6.45) is 2.02. The van der Waals surface area contributed by atoms with Gasteiger partial charge in [0, 0.05) is 43.9 Å². The Kier molecular flexibility index (Phi) is 2.36. The first kappa shape index (κ1) is 8.75. The molecule has 1 N–H and O–H groups in total. The third-order valence-electron chi connectivity index (χ3n) is 2.90. The fraction of sp³-hybridized carbons (Fsp3) is 0.600. The number of hydrogen-bond acceptors (Lipinski definition) is 1. The summed E-state index contributed by atoms with van der Waals surface area (Å²) in [6.45, 7) is 1.50. The Morgan fingerprint density at radius 2 is 2.46 bits per heavy atom. The van der Waals surface area contributed by atoms with Crippen molar-refractivity contribution in [2.75, 3.05) is 19.8 Å². The molecule has 1 aromatic heterocycles. The molecule has 0 aromatic carbocycles. The van der Waals surface area contributed by atoms with Gasteiger partial charge in [-0.25, -0.2) is 0 Å². The van der Waals surface area contributed by atoms with E-state index in [-0.39, 0.29) is 12.6 Å². The van der Waals surface area contributed by atoms with Crippen LogP contribution < -0.4 is 5.32 Å². The van der Waals surface area contributed by atoms with Crippen LogP contribution in [0.5, 0.6) is 0 Å². The maximum absolute atomic E-state index is 12.6. The van der Waals surface area contributed by atoms with E-state index in [1.54, 1.807) is 0 Å². The zero-order chi connectivity index (χ0) is 9.26. The minimum Gasteiger partial charge on any atom is -0.354 e. The molecular weight excluding hydrogens is 167 g/mol. The molecule has 2 heterocycles. The monoisotopic (exact) mass is 182 g/mol. The molecule has 0 spiro atoms. The lowest BCUT2D eigenvalue weighted by Crippen LogP contribution is -2.15. The second-order valence-electron chi connectivity index (χ2n) is 3.72. The van der Waals surface area contributed by atoms with Crippen LogP contribution in [-0.2, 0) is 7.05 Å². The van der Waals surface area contributed by atoms with Gasteiger partial charge in [-0.1, -0.05) is 0 Å². The SMILES string of the molecule is Cn1cccc1[C@H]1CNC[C@H]1CF. The van der Waals surface area contributed by atoms with Gasteiger partial charge in [-0.15, -0.1) is 0 Å². The first-order valence-electron chi connectivity index (χ1n) is 4.71. The molecule has 1 saturated heterocycles. The van der Waals surface area contributed by atoms with Gasteiger partial charge in [0.2, 0.25) is 0 Å². The van der Waals surface area contributed by atoms with Crippen LogP contribution in [0.25, 0.3) is 0 Å². The molecular formula is C10H15FN2. The van der Waals surface area contributed by atoms with Crippen molar-refractivity contribution in [3.8, 4) is 0 Å². The summed E-state index contributed by atoms with van der Waals surface area (Å²) in [5.74, 6) is 0.513. The molecule has 0 unspecified atom stereocenters. The van der Waals surface area contributed by atoms with Gasteiger partial charge in [-0.3, -0.25) is 4.39 Å². The van der Waals surface area contributed by atoms with E-state index in [2.05, 4.69) is 16.0 Å². The second-order valence-corrected chi connectivity index (χ2v) is 3.72. The van der Waals surface area contributed by atoms with Crippen LogP contribution in [0.15, 0.2) is 18.3 Å². The first-order valence-corrected chi connectivity index (χ1v) is 4.71. The van der Waals surface area contributed by atoms with Crippen LogP contribution in [0.4, 0.5) is 4.39 Å². The standard InChI is InChI=1S/C10H15FN2/c1-13-4-2-3-10(13)9-7-12-6-8(9)5-11/h2-4,8-9,12H,5-7H2,1H3/t8-,9+/m1/s1. The lowest BCUT2D eigenvalue weighted by atomic mass is 9.94. The molecule has 1 aliphatic heterocycles.